The number of aromatic nitrogens is 2. The Kier molecular flexibility index (Phi) is 2.78. The standard InChI is InChI=1S/C12H14N4S/c13-5-10-6-15-12(7-14-10)16-3-1-11-9(8-16)2-4-17-11/h2,4,6-7H,1,3,5,8,13H2. The molecule has 3 rings (SSSR count). The van der Waals surface area contributed by atoms with Crippen molar-refractivity contribution in [3.05, 3.63) is 40.0 Å². The summed E-state index contributed by atoms with van der Waals surface area (Å²) in [5.41, 5.74) is 7.77. The normalized spacial score (nSPS) is 14.8. The van der Waals surface area contributed by atoms with Gasteiger partial charge in [0.05, 0.1) is 18.1 Å². The van der Waals surface area contributed by atoms with E-state index in [-0.39, 0.29) is 0 Å². The molecule has 1 aliphatic heterocycles. The van der Waals surface area contributed by atoms with Crippen LogP contribution in [-0.2, 0) is 19.5 Å². The number of hydrogen-bond acceptors (Lipinski definition) is 5. The van der Waals surface area contributed by atoms with E-state index in [0.717, 1.165) is 31.0 Å². The second kappa shape index (κ2) is 4.43. The van der Waals surface area contributed by atoms with E-state index in [4.69, 9.17) is 5.73 Å². The lowest BCUT2D eigenvalue weighted by atomic mass is 10.1. The average molecular weight is 246 g/mol. The van der Waals surface area contributed by atoms with E-state index < -0.39 is 0 Å². The van der Waals surface area contributed by atoms with Gasteiger partial charge in [-0.1, -0.05) is 0 Å². The zero-order valence-corrected chi connectivity index (χ0v) is 10.3. The highest BCUT2D eigenvalue weighted by Gasteiger charge is 2.18. The molecule has 0 saturated carbocycles. The molecule has 88 valence electrons. The predicted octanol–water partition coefficient (Wildman–Crippen LogP) is 1.56. The van der Waals surface area contributed by atoms with Crippen LogP contribution in [0.2, 0.25) is 0 Å². The summed E-state index contributed by atoms with van der Waals surface area (Å²) in [5.74, 6) is 0.944. The van der Waals surface area contributed by atoms with Crippen LogP contribution in [0.15, 0.2) is 23.8 Å². The Morgan fingerprint density at radius 2 is 2.29 bits per heavy atom. The molecule has 0 saturated heterocycles. The molecular formula is C12H14N4S. The van der Waals surface area contributed by atoms with Crippen molar-refractivity contribution < 1.29 is 0 Å². The smallest absolute Gasteiger partial charge is 0.147 e. The number of hydrogen-bond donors (Lipinski definition) is 1. The van der Waals surface area contributed by atoms with Gasteiger partial charge in [0.25, 0.3) is 0 Å². The monoisotopic (exact) mass is 246 g/mol. The van der Waals surface area contributed by atoms with Gasteiger partial charge in [0.15, 0.2) is 0 Å². The average Bonchev–Trinajstić information content (AvgIpc) is 2.86. The first-order valence-electron chi connectivity index (χ1n) is 5.68. The molecule has 2 N–H and O–H groups in total. The maximum absolute atomic E-state index is 5.51. The van der Waals surface area contributed by atoms with Crippen LogP contribution >= 0.6 is 11.3 Å². The third-order valence-electron chi connectivity index (χ3n) is 3.03. The Bertz CT molecular complexity index is 505. The summed E-state index contributed by atoms with van der Waals surface area (Å²) in [5, 5.41) is 2.16. The maximum atomic E-state index is 5.51. The van der Waals surface area contributed by atoms with Gasteiger partial charge in [0.1, 0.15) is 5.82 Å². The zero-order chi connectivity index (χ0) is 11.7. The molecule has 3 heterocycles. The lowest BCUT2D eigenvalue weighted by Gasteiger charge is -2.27. The Labute approximate surface area is 104 Å². The molecule has 1 aliphatic rings. The Balaban J connectivity index is 1.81. The quantitative estimate of drug-likeness (QED) is 0.873. The lowest BCUT2D eigenvalue weighted by Crippen LogP contribution is -2.30. The van der Waals surface area contributed by atoms with Gasteiger partial charge in [0, 0.05) is 24.5 Å². The number of fused-ring (bicyclic) bond motifs is 1. The Morgan fingerprint density at radius 1 is 1.35 bits per heavy atom. The van der Waals surface area contributed by atoms with Gasteiger partial charge in [-0.15, -0.1) is 11.3 Å². The van der Waals surface area contributed by atoms with Gasteiger partial charge in [-0.05, 0) is 23.4 Å². The first-order chi connectivity index (χ1) is 8.36. The van der Waals surface area contributed by atoms with E-state index in [0.29, 0.717) is 6.54 Å². The molecular weight excluding hydrogens is 232 g/mol. The van der Waals surface area contributed by atoms with Crippen molar-refractivity contribution in [2.24, 2.45) is 5.73 Å². The summed E-state index contributed by atoms with van der Waals surface area (Å²) in [4.78, 5) is 12.5. The molecule has 0 aromatic carbocycles. The highest BCUT2D eigenvalue weighted by Crippen LogP contribution is 2.26. The molecule has 0 amide bonds. The van der Waals surface area contributed by atoms with Crippen LogP contribution in [0, 0.1) is 0 Å². The number of nitrogens with two attached hydrogens (primary N) is 1. The second-order valence-electron chi connectivity index (χ2n) is 4.11. The molecule has 4 nitrogen and oxygen atoms in total. The van der Waals surface area contributed by atoms with Crippen molar-refractivity contribution in [2.45, 2.75) is 19.5 Å². The van der Waals surface area contributed by atoms with Gasteiger partial charge in [-0.2, -0.15) is 0 Å². The minimum Gasteiger partial charge on any atom is -0.351 e. The second-order valence-corrected chi connectivity index (χ2v) is 5.11. The van der Waals surface area contributed by atoms with Crippen molar-refractivity contribution >= 4 is 17.2 Å². The maximum Gasteiger partial charge on any atom is 0.147 e. The van der Waals surface area contributed by atoms with Crippen LogP contribution in [0.1, 0.15) is 16.1 Å². The van der Waals surface area contributed by atoms with Crippen molar-refractivity contribution in [1.82, 2.24) is 9.97 Å². The molecule has 2 aromatic heterocycles. The van der Waals surface area contributed by atoms with E-state index in [9.17, 15) is 0 Å². The number of thiophene rings is 1. The Hall–Kier alpha value is -1.46. The molecule has 0 radical (unpaired) electrons. The third-order valence-corrected chi connectivity index (χ3v) is 4.06. The summed E-state index contributed by atoms with van der Waals surface area (Å²) in [7, 11) is 0. The summed E-state index contributed by atoms with van der Waals surface area (Å²) in [6, 6.07) is 2.20. The first kappa shape index (κ1) is 10.7. The molecule has 2 aromatic rings. The van der Waals surface area contributed by atoms with E-state index in [1.807, 2.05) is 17.5 Å². The van der Waals surface area contributed by atoms with Gasteiger partial charge in [-0.25, -0.2) is 4.98 Å². The van der Waals surface area contributed by atoms with Crippen LogP contribution in [0.25, 0.3) is 0 Å². The summed E-state index contributed by atoms with van der Waals surface area (Å²) in [6.07, 6.45) is 4.69. The van der Waals surface area contributed by atoms with E-state index in [1.54, 1.807) is 6.20 Å². The molecule has 17 heavy (non-hydrogen) atoms. The van der Waals surface area contributed by atoms with Crippen molar-refractivity contribution in [3.63, 3.8) is 0 Å². The molecule has 0 fully saturated rings. The van der Waals surface area contributed by atoms with Crippen LogP contribution in [-0.4, -0.2) is 16.5 Å². The number of rotatable bonds is 2. The van der Waals surface area contributed by atoms with Crippen molar-refractivity contribution in [2.75, 3.05) is 11.4 Å². The van der Waals surface area contributed by atoms with Crippen LogP contribution < -0.4 is 10.6 Å². The van der Waals surface area contributed by atoms with Gasteiger partial charge in [-0.3, -0.25) is 4.98 Å². The van der Waals surface area contributed by atoms with Gasteiger partial charge < -0.3 is 10.6 Å². The Morgan fingerprint density at radius 3 is 3.06 bits per heavy atom. The summed E-state index contributed by atoms with van der Waals surface area (Å²) < 4.78 is 0. The topological polar surface area (TPSA) is 55.0 Å². The summed E-state index contributed by atoms with van der Waals surface area (Å²) in [6.45, 7) is 2.40. The van der Waals surface area contributed by atoms with E-state index >= 15 is 0 Å². The molecule has 0 unspecified atom stereocenters. The minimum absolute atomic E-state index is 0.446. The highest BCUT2D eigenvalue weighted by molar-refractivity contribution is 7.10. The number of nitrogens with zero attached hydrogens (tertiary/aromatic N) is 3. The van der Waals surface area contributed by atoms with Crippen molar-refractivity contribution in [1.29, 1.82) is 0 Å². The summed E-state index contributed by atoms with van der Waals surface area (Å²) >= 11 is 1.85. The third kappa shape index (κ3) is 2.03. The lowest BCUT2D eigenvalue weighted by molar-refractivity contribution is 0.727. The van der Waals surface area contributed by atoms with Crippen molar-refractivity contribution in [3.8, 4) is 0 Å². The van der Waals surface area contributed by atoms with Gasteiger partial charge >= 0.3 is 0 Å². The molecule has 0 bridgehead atoms. The molecule has 5 heteroatoms. The molecule has 0 atom stereocenters. The SMILES string of the molecule is NCc1cnc(N2CCc3sccc3C2)cn1. The van der Waals surface area contributed by atoms with Crippen LogP contribution in [0.5, 0.6) is 0 Å². The van der Waals surface area contributed by atoms with Crippen LogP contribution in [0.4, 0.5) is 5.82 Å². The number of anilines is 1. The highest BCUT2D eigenvalue weighted by atomic mass is 32.1. The zero-order valence-electron chi connectivity index (χ0n) is 9.47. The molecule has 0 aliphatic carbocycles. The fourth-order valence-electron chi connectivity index (χ4n) is 2.06. The van der Waals surface area contributed by atoms with Crippen LogP contribution in [0.3, 0.4) is 0 Å². The van der Waals surface area contributed by atoms with E-state index in [1.165, 1.54) is 10.4 Å². The largest absolute Gasteiger partial charge is 0.351 e. The van der Waals surface area contributed by atoms with E-state index in [2.05, 4.69) is 26.3 Å². The minimum atomic E-state index is 0.446. The molecule has 0 spiro atoms. The predicted molar refractivity (Wildman–Crippen MR) is 69.0 cm³/mol. The fourth-order valence-corrected chi connectivity index (χ4v) is 2.95. The fraction of sp³-hybridized carbons (Fsp3) is 0.333. The van der Waals surface area contributed by atoms with Gasteiger partial charge in [0.2, 0.25) is 0 Å². The first-order valence-corrected chi connectivity index (χ1v) is 6.56.